The fourth-order valence-electron chi connectivity index (χ4n) is 2.79. The molecule has 0 aliphatic heterocycles. The normalized spacial score (nSPS) is 10.9. The van der Waals surface area contributed by atoms with E-state index in [4.69, 9.17) is 0 Å². The van der Waals surface area contributed by atoms with E-state index in [9.17, 15) is 5.11 Å². The number of phenols is 1. The van der Waals surface area contributed by atoms with Crippen LogP contribution >= 0.6 is 0 Å². The number of phenolic OH excluding ortho intramolecular Hbond substituents is 1. The standard InChI is InChI=1S/C18H30O/c1-4-7-9-11-15-13-14-18(19)16(6-3)17(15)12-10-8-5-2/h13-14,19H,4-12H2,1-3H3. The van der Waals surface area contributed by atoms with Crippen LogP contribution < -0.4 is 0 Å². The van der Waals surface area contributed by atoms with Crippen LogP contribution in [0, 0.1) is 0 Å². The molecular weight excluding hydrogens is 232 g/mol. The van der Waals surface area contributed by atoms with Crippen LogP contribution in [-0.2, 0) is 19.3 Å². The van der Waals surface area contributed by atoms with Crippen LogP contribution in [0.15, 0.2) is 12.1 Å². The van der Waals surface area contributed by atoms with Crippen molar-refractivity contribution in [1.82, 2.24) is 0 Å². The van der Waals surface area contributed by atoms with E-state index in [0.717, 1.165) is 12.8 Å². The van der Waals surface area contributed by atoms with E-state index in [2.05, 4.69) is 26.8 Å². The van der Waals surface area contributed by atoms with Crippen molar-refractivity contribution in [3.05, 3.63) is 28.8 Å². The van der Waals surface area contributed by atoms with E-state index in [0.29, 0.717) is 5.75 Å². The second-order valence-corrected chi connectivity index (χ2v) is 5.47. The maximum Gasteiger partial charge on any atom is 0.119 e. The van der Waals surface area contributed by atoms with Gasteiger partial charge < -0.3 is 5.11 Å². The summed E-state index contributed by atoms with van der Waals surface area (Å²) in [6.45, 7) is 6.63. The zero-order valence-electron chi connectivity index (χ0n) is 13.0. The smallest absolute Gasteiger partial charge is 0.119 e. The van der Waals surface area contributed by atoms with Crippen molar-refractivity contribution in [2.45, 2.75) is 78.6 Å². The van der Waals surface area contributed by atoms with Gasteiger partial charge in [0.2, 0.25) is 0 Å². The highest BCUT2D eigenvalue weighted by Crippen LogP contribution is 2.28. The number of aryl methyl sites for hydroxylation is 1. The predicted molar refractivity (Wildman–Crippen MR) is 83.9 cm³/mol. The third-order valence-corrected chi connectivity index (χ3v) is 3.94. The van der Waals surface area contributed by atoms with E-state index < -0.39 is 0 Å². The van der Waals surface area contributed by atoms with Crippen LogP contribution in [0.2, 0.25) is 0 Å². The molecule has 19 heavy (non-hydrogen) atoms. The average Bonchev–Trinajstić information content (AvgIpc) is 2.41. The molecule has 1 aromatic carbocycles. The number of hydrogen-bond acceptors (Lipinski definition) is 1. The monoisotopic (exact) mass is 262 g/mol. The molecule has 1 heteroatoms. The molecule has 0 saturated heterocycles. The summed E-state index contributed by atoms with van der Waals surface area (Å²) in [4.78, 5) is 0. The number of unbranched alkanes of at least 4 members (excludes halogenated alkanes) is 4. The van der Waals surface area contributed by atoms with Gasteiger partial charge in [-0.25, -0.2) is 0 Å². The molecule has 0 fully saturated rings. The molecule has 1 N–H and O–H groups in total. The SMILES string of the molecule is CCCCCc1ccc(O)c(CC)c1CCCCC. The molecule has 0 atom stereocenters. The maximum atomic E-state index is 10.0. The number of aromatic hydroxyl groups is 1. The first-order chi connectivity index (χ1) is 9.24. The Morgan fingerprint density at radius 2 is 1.42 bits per heavy atom. The number of rotatable bonds is 9. The highest BCUT2D eigenvalue weighted by Gasteiger charge is 2.11. The third-order valence-electron chi connectivity index (χ3n) is 3.94. The van der Waals surface area contributed by atoms with Crippen molar-refractivity contribution in [2.24, 2.45) is 0 Å². The van der Waals surface area contributed by atoms with Crippen molar-refractivity contribution < 1.29 is 5.11 Å². The fraction of sp³-hybridized carbons (Fsp3) is 0.667. The van der Waals surface area contributed by atoms with E-state index in [1.54, 1.807) is 0 Å². The highest BCUT2D eigenvalue weighted by atomic mass is 16.3. The summed E-state index contributed by atoms with van der Waals surface area (Å²) in [6, 6.07) is 4.04. The molecule has 0 aliphatic rings. The van der Waals surface area contributed by atoms with E-state index in [1.165, 1.54) is 61.6 Å². The molecule has 1 aromatic rings. The molecule has 0 unspecified atom stereocenters. The Kier molecular flexibility index (Phi) is 7.62. The van der Waals surface area contributed by atoms with Crippen LogP contribution in [0.4, 0.5) is 0 Å². The van der Waals surface area contributed by atoms with E-state index in [-0.39, 0.29) is 0 Å². The molecule has 1 rings (SSSR count). The zero-order chi connectivity index (χ0) is 14.1. The van der Waals surface area contributed by atoms with Gasteiger partial charge in [-0.3, -0.25) is 0 Å². The molecule has 108 valence electrons. The Hall–Kier alpha value is -0.980. The van der Waals surface area contributed by atoms with Crippen molar-refractivity contribution in [2.75, 3.05) is 0 Å². The predicted octanol–water partition coefficient (Wildman–Crippen LogP) is 5.42. The van der Waals surface area contributed by atoms with E-state index >= 15 is 0 Å². The summed E-state index contributed by atoms with van der Waals surface area (Å²) in [5.74, 6) is 0.494. The minimum atomic E-state index is 0.494. The lowest BCUT2D eigenvalue weighted by Crippen LogP contribution is -2.01. The lowest BCUT2D eigenvalue weighted by Gasteiger charge is -2.15. The van der Waals surface area contributed by atoms with Crippen molar-refractivity contribution in [3.63, 3.8) is 0 Å². The minimum Gasteiger partial charge on any atom is -0.508 e. The minimum absolute atomic E-state index is 0.494. The first kappa shape index (κ1) is 16.1. The molecule has 0 saturated carbocycles. The summed E-state index contributed by atoms with van der Waals surface area (Å²) in [6.07, 6.45) is 10.9. The first-order valence-corrected chi connectivity index (χ1v) is 8.07. The third kappa shape index (κ3) is 4.89. The Morgan fingerprint density at radius 1 is 0.789 bits per heavy atom. The van der Waals surface area contributed by atoms with Crippen LogP contribution in [0.25, 0.3) is 0 Å². The van der Waals surface area contributed by atoms with Crippen molar-refractivity contribution in [3.8, 4) is 5.75 Å². The van der Waals surface area contributed by atoms with Gasteiger partial charge in [0.05, 0.1) is 0 Å². The van der Waals surface area contributed by atoms with Gasteiger partial charge in [0.1, 0.15) is 5.75 Å². The summed E-state index contributed by atoms with van der Waals surface area (Å²) >= 11 is 0. The van der Waals surface area contributed by atoms with Crippen LogP contribution in [-0.4, -0.2) is 5.11 Å². The molecule has 0 aromatic heterocycles. The van der Waals surface area contributed by atoms with Gasteiger partial charge in [0, 0.05) is 0 Å². The second-order valence-electron chi connectivity index (χ2n) is 5.47. The summed E-state index contributed by atoms with van der Waals surface area (Å²) in [5, 5.41) is 10.0. The van der Waals surface area contributed by atoms with Crippen LogP contribution in [0.3, 0.4) is 0 Å². The molecule has 0 spiro atoms. The van der Waals surface area contributed by atoms with E-state index in [1.807, 2.05) is 6.07 Å². The molecule has 0 bridgehead atoms. The largest absolute Gasteiger partial charge is 0.508 e. The Bertz CT molecular complexity index is 368. The summed E-state index contributed by atoms with van der Waals surface area (Å²) < 4.78 is 0. The lowest BCUT2D eigenvalue weighted by molar-refractivity contribution is 0.467. The average molecular weight is 262 g/mol. The van der Waals surface area contributed by atoms with Gasteiger partial charge in [-0.15, -0.1) is 0 Å². The van der Waals surface area contributed by atoms with Gasteiger partial charge in [-0.05, 0) is 54.9 Å². The Morgan fingerprint density at radius 3 is 2.00 bits per heavy atom. The van der Waals surface area contributed by atoms with Gasteiger partial charge in [-0.1, -0.05) is 52.5 Å². The Balaban J connectivity index is 2.86. The number of hydrogen-bond donors (Lipinski definition) is 1. The number of benzene rings is 1. The quantitative estimate of drug-likeness (QED) is 0.589. The second kappa shape index (κ2) is 9.01. The fourth-order valence-corrected chi connectivity index (χ4v) is 2.79. The van der Waals surface area contributed by atoms with Crippen molar-refractivity contribution >= 4 is 0 Å². The van der Waals surface area contributed by atoms with Crippen LogP contribution in [0.5, 0.6) is 5.75 Å². The summed E-state index contributed by atoms with van der Waals surface area (Å²) in [7, 11) is 0. The van der Waals surface area contributed by atoms with Crippen molar-refractivity contribution in [1.29, 1.82) is 0 Å². The molecule has 1 nitrogen and oxygen atoms in total. The van der Waals surface area contributed by atoms with Gasteiger partial charge in [0.25, 0.3) is 0 Å². The molecular formula is C18H30O. The Labute approximate surface area is 119 Å². The molecule has 0 radical (unpaired) electrons. The zero-order valence-corrected chi connectivity index (χ0v) is 13.0. The highest BCUT2D eigenvalue weighted by molar-refractivity contribution is 5.44. The topological polar surface area (TPSA) is 20.2 Å². The van der Waals surface area contributed by atoms with Gasteiger partial charge in [0.15, 0.2) is 0 Å². The van der Waals surface area contributed by atoms with Gasteiger partial charge >= 0.3 is 0 Å². The lowest BCUT2D eigenvalue weighted by atomic mass is 9.91. The van der Waals surface area contributed by atoms with Crippen LogP contribution in [0.1, 0.15) is 76.0 Å². The van der Waals surface area contributed by atoms with Gasteiger partial charge in [-0.2, -0.15) is 0 Å². The maximum absolute atomic E-state index is 10.0. The summed E-state index contributed by atoms with van der Waals surface area (Å²) in [5.41, 5.74) is 4.09. The molecule has 0 aliphatic carbocycles. The first-order valence-electron chi connectivity index (χ1n) is 8.07. The molecule has 0 amide bonds. The molecule has 0 heterocycles.